The number of aldehydes is 1. The van der Waals surface area contributed by atoms with Crippen LogP contribution in [0.5, 0.6) is 0 Å². The summed E-state index contributed by atoms with van der Waals surface area (Å²) in [6.07, 6.45) is 0.788. The molecule has 0 amide bonds. The van der Waals surface area contributed by atoms with Gasteiger partial charge >= 0.3 is 0 Å². The zero-order valence-electron chi connectivity index (χ0n) is 9.31. The van der Waals surface area contributed by atoms with Gasteiger partial charge in [0.25, 0.3) is 0 Å². The van der Waals surface area contributed by atoms with E-state index in [1.807, 2.05) is 5.38 Å². The van der Waals surface area contributed by atoms with Crippen molar-refractivity contribution in [1.82, 2.24) is 4.98 Å². The van der Waals surface area contributed by atoms with Crippen LogP contribution in [0.4, 0.5) is 0 Å². The van der Waals surface area contributed by atoms with Crippen LogP contribution >= 0.6 is 11.3 Å². The van der Waals surface area contributed by atoms with Crippen LogP contribution in [0.1, 0.15) is 35.1 Å². The SMILES string of the molecule is CC(C)c1ccc(-c2csc(C=O)n2)cc1. The largest absolute Gasteiger partial charge is 0.295 e. The molecule has 0 aliphatic carbocycles. The molecule has 0 bridgehead atoms. The number of benzene rings is 1. The van der Waals surface area contributed by atoms with Crippen LogP contribution in [0, 0.1) is 0 Å². The highest BCUT2D eigenvalue weighted by atomic mass is 32.1. The standard InChI is InChI=1S/C13H13NOS/c1-9(2)10-3-5-11(6-4-10)12-8-16-13(7-15)14-12/h3-9H,1-2H3. The number of aromatic nitrogens is 1. The lowest BCUT2D eigenvalue weighted by molar-refractivity contribution is 0.112. The predicted octanol–water partition coefficient (Wildman–Crippen LogP) is 3.75. The van der Waals surface area contributed by atoms with Gasteiger partial charge in [0, 0.05) is 10.9 Å². The van der Waals surface area contributed by atoms with Crippen molar-refractivity contribution in [2.75, 3.05) is 0 Å². The van der Waals surface area contributed by atoms with Gasteiger partial charge in [0.2, 0.25) is 0 Å². The fourth-order valence-corrected chi connectivity index (χ4v) is 2.14. The smallest absolute Gasteiger partial charge is 0.178 e. The molecule has 0 spiro atoms. The third-order valence-electron chi connectivity index (χ3n) is 2.50. The van der Waals surface area contributed by atoms with Crippen LogP contribution in [0.25, 0.3) is 11.3 Å². The van der Waals surface area contributed by atoms with Gasteiger partial charge in [-0.1, -0.05) is 38.1 Å². The lowest BCUT2D eigenvalue weighted by atomic mass is 10.0. The average molecular weight is 231 g/mol. The minimum atomic E-state index is 0.530. The van der Waals surface area contributed by atoms with Crippen LogP contribution in [0.2, 0.25) is 0 Å². The maximum atomic E-state index is 10.5. The first-order chi connectivity index (χ1) is 7.70. The van der Waals surface area contributed by atoms with Crippen molar-refractivity contribution in [2.45, 2.75) is 19.8 Å². The Bertz CT molecular complexity index is 485. The van der Waals surface area contributed by atoms with Crippen LogP contribution in [-0.4, -0.2) is 11.3 Å². The summed E-state index contributed by atoms with van der Waals surface area (Å²) in [4.78, 5) is 14.8. The fourth-order valence-electron chi connectivity index (χ4n) is 1.51. The molecule has 0 aliphatic heterocycles. The molecule has 0 aliphatic rings. The number of nitrogens with zero attached hydrogens (tertiary/aromatic N) is 1. The van der Waals surface area contributed by atoms with Crippen molar-refractivity contribution in [3.8, 4) is 11.3 Å². The Morgan fingerprint density at radius 3 is 2.44 bits per heavy atom. The maximum absolute atomic E-state index is 10.5. The number of hydrogen-bond acceptors (Lipinski definition) is 3. The normalized spacial score (nSPS) is 10.7. The van der Waals surface area contributed by atoms with Crippen molar-refractivity contribution in [2.24, 2.45) is 0 Å². The summed E-state index contributed by atoms with van der Waals surface area (Å²) in [7, 11) is 0. The van der Waals surface area contributed by atoms with E-state index in [1.165, 1.54) is 16.9 Å². The molecule has 3 heteroatoms. The molecule has 0 fully saturated rings. The van der Waals surface area contributed by atoms with E-state index in [0.29, 0.717) is 10.9 Å². The van der Waals surface area contributed by atoms with Crippen molar-refractivity contribution >= 4 is 17.6 Å². The fraction of sp³-hybridized carbons (Fsp3) is 0.231. The predicted molar refractivity (Wildman–Crippen MR) is 67.0 cm³/mol. The average Bonchev–Trinajstić information content (AvgIpc) is 2.77. The third-order valence-corrected chi connectivity index (χ3v) is 3.27. The second-order valence-corrected chi connectivity index (χ2v) is 4.86. The summed E-state index contributed by atoms with van der Waals surface area (Å²) < 4.78 is 0. The number of rotatable bonds is 3. The van der Waals surface area contributed by atoms with E-state index >= 15 is 0 Å². The molecule has 1 aromatic heterocycles. The second kappa shape index (κ2) is 4.58. The molecule has 82 valence electrons. The molecule has 0 radical (unpaired) electrons. The summed E-state index contributed by atoms with van der Waals surface area (Å²) in [5.41, 5.74) is 3.26. The van der Waals surface area contributed by atoms with Crippen LogP contribution in [0.3, 0.4) is 0 Å². The summed E-state index contributed by atoms with van der Waals surface area (Å²) >= 11 is 1.38. The van der Waals surface area contributed by atoms with E-state index < -0.39 is 0 Å². The van der Waals surface area contributed by atoms with E-state index in [-0.39, 0.29) is 0 Å². The van der Waals surface area contributed by atoms with E-state index in [1.54, 1.807) is 0 Å². The van der Waals surface area contributed by atoms with Gasteiger partial charge in [0.05, 0.1) is 5.69 Å². The minimum absolute atomic E-state index is 0.530. The molecule has 0 unspecified atom stereocenters. The van der Waals surface area contributed by atoms with Gasteiger partial charge in [-0.3, -0.25) is 4.79 Å². The zero-order valence-corrected chi connectivity index (χ0v) is 10.1. The van der Waals surface area contributed by atoms with Crippen molar-refractivity contribution in [1.29, 1.82) is 0 Å². The maximum Gasteiger partial charge on any atom is 0.178 e. The Morgan fingerprint density at radius 1 is 1.25 bits per heavy atom. The number of thiazole rings is 1. The van der Waals surface area contributed by atoms with Crippen LogP contribution in [-0.2, 0) is 0 Å². The van der Waals surface area contributed by atoms with Crippen molar-refractivity contribution < 1.29 is 4.79 Å². The Morgan fingerprint density at radius 2 is 1.94 bits per heavy atom. The third kappa shape index (κ3) is 2.19. The lowest BCUT2D eigenvalue weighted by Crippen LogP contribution is -1.87. The van der Waals surface area contributed by atoms with Gasteiger partial charge in [-0.05, 0) is 11.5 Å². The Balaban J connectivity index is 2.30. The molecule has 0 atom stereocenters. The molecule has 1 aromatic carbocycles. The zero-order chi connectivity index (χ0) is 11.5. The topological polar surface area (TPSA) is 30.0 Å². The van der Waals surface area contributed by atoms with Gasteiger partial charge in [-0.25, -0.2) is 4.98 Å². The molecular formula is C13H13NOS. The molecule has 16 heavy (non-hydrogen) atoms. The molecule has 2 aromatic rings. The van der Waals surface area contributed by atoms with Crippen molar-refractivity contribution in [3.63, 3.8) is 0 Å². The Kier molecular flexibility index (Phi) is 3.15. The highest BCUT2D eigenvalue weighted by Gasteiger charge is 2.04. The van der Waals surface area contributed by atoms with E-state index in [4.69, 9.17) is 0 Å². The second-order valence-electron chi connectivity index (χ2n) is 3.97. The first-order valence-electron chi connectivity index (χ1n) is 5.21. The number of hydrogen-bond donors (Lipinski definition) is 0. The molecule has 0 N–H and O–H groups in total. The minimum Gasteiger partial charge on any atom is -0.295 e. The Hall–Kier alpha value is -1.48. The number of carbonyl (C=O) groups is 1. The quantitative estimate of drug-likeness (QED) is 0.753. The molecular weight excluding hydrogens is 218 g/mol. The molecule has 0 saturated heterocycles. The highest BCUT2D eigenvalue weighted by molar-refractivity contribution is 7.11. The molecule has 2 nitrogen and oxygen atoms in total. The van der Waals surface area contributed by atoms with Gasteiger partial charge in [-0.2, -0.15) is 0 Å². The molecule has 2 rings (SSSR count). The summed E-state index contributed by atoms with van der Waals surface area (Å²) in [5.74, 6) is 0.537. The van der Waals surface area contributed by atoms with Crippen LogP contribution < -0.4 is 0 Å². The van der Waals surface area contributed by atoms with Gasteiger partial charge < -0.3 is 0 Å². The van der Waals surface area contributed by atoms with Crippen LogP contribution in [0.15, 0.2) is 29.6 Å². The Labute approximate surface area is 99.0 Å². The molecule has 0 saturated carbocycles. The summed E-state index contributed by atoms with van der Waals surface area (Å²) in [5, 5.41) is 2.44. The first-order valence-corrected chi connectivity index (χ1v) is 6.09. The molecule has 1 heterocycles. The highest BCUT2D eigenvalue weighted by Crippen LogP contribution is 2.23. The van der Waals surface area contributed by atoms with Gasteiger partial charge in [0.1, 0.15) is 0 Å². The summed E-state index contributed by atoms with van der Waals surface area (Å²) in [6.45, 7) is 4.34. The van der Waals surface area contributed by atoms with E-state index in [2.05, 4.69) is 43.1 Å². The van der Waals surface area contributed by atoms with Crippen molar-refractivity contribution in [3.05, 3.63) is 40.2 Å². The van der Waals surface area contributed by atoms with Gasteiger partial charge in [-0.15, -0.1) is 11.3 Å². The lowest BCUT2D eigenvalue weighted by Gasteiger charge is -2.05. The summed E-state index contributed by atoms with van der Waals surface area (Å²) in [6, 6.07) is 8.33. The van der Waals surface area contributed by atoms with E-state index in [9.17, 15) is 4.79 Å². The monoisotopic (exact) mass is 231 g/mol. The van der Waals surface area contributed by atoms with Gasteiger partial charge in [0.15, 0.2) is 11.3 Å². The number of carbonyl (C=O) groups excluding carboxylic acids is 1. The first kappa shape index (κ1) is 11.0. The van der Waals surface area contributed by atoms with E-state index in [0.717, 1.165) is 17.5 Å².